The molecular formula is C23H19Cl2NO4. The van der Waals surface area contributed by atoms with Crippen LogP contribution in [0.25, 0.3) is 0 Å². The summed E-state index contributed by atoms with van der Waals surface area (Å²) in [7, 11) is 0. The fraction of sp³-hybridized carbons (Fsp3) is 0.130. The number of carbonyl (C=O) groups is 2. The molecule has 3 rings (SSSR count). The highest BCUT2D eigenvalue weighted by molar-refractivity contribution is 6.37. The average molecular weight is 444 g/mol. The lowest BCUT2D eigenvalue weighted by molar-refractivity contribution is -0.132. The molecule has 0 radical (unpaired) electrons. The van der Waals surface area contributed by atoms with E-state index < -0.39 is 5.97 Å². The van der Waals surface area contributed by atoms with Crippen molar-refractivity contribution < 1.29 is 19.1 Å². The van der Waals surface area contributed by atoms with Gasteiger partial charge in [0.25, 0.3) is 0 Å². The van der Waals surface area contributed by atoms with Crippen molar-refractivity contribution in [1.29, 1.82) is 0 Å². The molecule has 0 amide bonds. The van der Waals surface area contributed by atoms with Crippen LogP contribution in [0.3, 0.4) is 0 Å². The quantitative estimate of drug-likeness (QED) is 0.309. The number of benzene rings is 3. The maximum absolute atomic E-state index is 12.7. The third kappa shape index (κ3) is 4.82. The van der Waals surface area contributed by atoms with Crippen molar-refractivity contribution in [1.82, 2.24) is 0 Å². The monoisotopic (exact) mass is 443 g/mol. The fourth-order valence-corrected chi connectivity index (χ4v) is 3.51. The molecule has 30 heavy (non-hydrogen) atoms. The Kier molecular flexibility index (Phi) is 6.77. The zero-order valence-electron chi connectivity index (χ0n) is 16.4. The molecule has 154 valence electrons. The molecule has 0 saturated heterocycles. The molecule has 7 heteroatoms. The molecule has 0 aliphatic heterocycles. The number of rotatable bonds is 6. The van der Waals surface area contributed by atoms with Gasteiger partial charge in [0.05, 0.1) is 16.6 Å². The van der Waals surface area contributed by atoms with E-state index in [-0.39, 0.29) is 33.9 Å². The van der Waals surface area contributed by atoms with Crippen LogP contribution in [0, 0.1) is 13.8 Å². The smallest absolute Gasteiger partial charge is 0.325 e. The van der Waals surface area contributed by atoms with Crippen LogP contribution in [0.1, 0.15) is 27.0 Å². The summed E-state index contributed by atoms with van der Waals surface area (Å²) in [6.07, 6.45) is 0. The van der Waals surface area contributed by atoms with Crippen LogP contribution in [0.2, 0.25) is 10.0 Å². The molecule has 0 aliphatic rings. The van der Waals surface area contributed by atoms with Crippen molar-refractivity contribution >= 4 is 35.0 Å². The SMILES string of the molecule is Cc1cc(C(=O)c2ccccc2)cc(C)c1Oc1c(Cl)cc(OC(=O)CN)cc1Cl. The van der Waals surface area contributed by atoms with Gasteiger partial charge in [0, 0.05) is 23.3 Å². The van der Waals surface area contributed by atoms with Gasteiger partial charge in [-0.05, 0) is 37.1 Å². The number of hydrogen-bond acceptors (Lipinski definition) is 5. The highest BCUT2D eigenvalue weighted by Crippen LogP contribution is 2.41. The van der Waals surface area contributed by atoms with Gasteiger partial charge in [0.2, 0.25) is 0 Å². The molecule has 0 heterocycles. The fourth-order valence-electron chi connectivity index (χ4n) is 2.97. The summed E-state index contributed by atoms with van der Waals surface area (Å²) in [6, 6.07) is 15.4. The topological polar surface area (TPSA) is 78.6 Å². The zero-order chi connectivity index (χ0) is 21.8. The molecule has 5 nitrogen and oxygen atoms in total. The normalized spacial score (nSPS) is 10.6. The lowest BCUT2D eigenvalue weighted by atomic mass is 9.98. The van der Waals surface area contributed by atoms with Crippen molar-refractivity contribution in [2.45, 2.75) is 13.8 Å². The minimum Gasteiger partial charge on any atom is -0.454 e. The third-order valence-corrected chi connectivity index (χ3v) is 4.89. The molecule has 2 N–H and O–H groups in total. The lowest BCUT2D eigenvalue weighted by Crippen LogP contribution is -2.19. The van der Waals surface area contributed by atoms with Gasteiger partial charge in [-0.15, -0.1) is 0 Å². The summed E-state index contributed by atoms with van der Waals surface area (Å²) in [4.78, 5) is 24.1. The van der Waals surface area contributed by atoms with Gasteiger partial charge < -0.3 is 15.2 Å². The Morgan fingerprint density at radius 3 is 1.97 bits per heavy atom. The molecule has 0 aromatic heterocycles. The second-order valence-electron chi connectivity index (χ2n) is 6.63. The van der Waals surface area contributed by atoms with Gasteiger partial charge in [-0.3, -0.25) is 9.59 Å². The summed E-state index contributed by atoms with van der Waals surface area (Å²) >= 11 is 12.6. The number of ketones is 1. The standard InChI is InChI=1S/C23H19Cl2NO4/c1-13-8-16(21(28)15-6-4-3-5-7-15)9-14(2)22(13)30-23-18(24)10-17(11-19(23)25)29-20(27)12-26/h3-11H,12,26H2,1-2H3. The molecule has 0 saturated carbocycles. The number of halogens is 2. The number of esters is 1. The van der Waals surface area contributed by atoms with E-state index in [4.69, 9.17) is 38.4 Å². The summed E-state index contributed by atoms with van der Waals surface area (Å²) < 4.78 is 11.0. The number of ether oxygens (including phenoxy) is 2. The first-order chi connectivity index (χ1) is 14.3. The number of nitrogens with two attached hydrogens (primary N) is 1. The lowest BCUT2D eigenvalue weighted by Gasteiger charge is -2.16. The first kappa shape index (κ1) is 21.8. The molecule has 0 atom stereocenters. The van der Waals surface area contributed by atoms with Crippen LogP contribution >= 0.6 is 23.2 Å². The Labute approximate surface area is 184 Å². The summed E-state index contributed by atoms with van der Waals surface area (Å²) in [5.74, 6) is 0.246. The summed E-state index contributed by atoms with van der Waals surface area (Å²) in [5, 5.41) is 0.344. The van der Waals surface area contributed by atoms with Gasteiger partial charge in [-0.25, -0.2) is 0 Å². The van der Waals surface area contributed by atoms with E-state index in [0.29, 0.717) is 16.9 Å². The highest BCUT2D eigenvalue weighted by Gasteiger charge is 2.18. The first-order valence-corrected chi connectivity index (χ1v) is 9.84. The Bertz CT molecular complexity index is 1070. The second-order valence-corrected chi connectivity index (χ2v) is 7.45. The molecule has 3 aromatic rings. The van der Waals surface area contributed by atoms with Gasteiger partial charge in [0.15, 0.2) is 11.5 Å². The van der Waals surface area contributed by atoms with Crippen LogP contribution < -0.4 is 15.2 Å². The molecule has 0 fully saturated rings. The minimum atomic E-state index is -0.610. The maximum Gasteiger partial charge on any atom is 0.325 e. The van der Waals surface area contributed by atoms with Gasteiger partial charge in [-0.1, -0.05) is 53.5 Å². The van der Waals surface area contributed by atoms with E-state index >= 15 is 0 Å². The predicted octanol–water partition coefficient (Wildman–Crippen LogP) is 5.50. The minimum absolute atomic E-state index is 0.0736. The number of aryl methyl sites for hydroxylation is 2. The van der Waals surface area contributed by atoms with Crippen LogP contribution in [-0.4, -0.2) is 18.3 Å². The Morgan fingerprint density at radius 2 is 1.43 bits per heavy atom. The van der Waals surface area contributed by atoms with Crippen molar-refractivity contribution in [3.05, 3.63) is 86.9 Å². The van der Waals surface area contributed by atoms with E-state index in [0.717, 1.165) is 11.1 Å². The van der Waals surface area contributed by atoms with Gasteiger partial charge >= 0.3 is 5.97 Å². The van der Waals surface area contributed by atoms with E-state index in [1.165, 1.54) is 12.1 Å². The van der Waals surface area contributed by atoms with Crippen molar-refractivity contribution in [3.8, 4) is 17.2 Å². The van der Waals surface area contributed by atoms with Crippen LogP contribution in [-0.2, 0) is 4.79 Å². The Balaban J connectivity index is 1.91. The molecule has 0 bridgehead atoms. The van der Waals surface area contributed by atoms with Crippen molar-refractivity contribution in [2.75, 3.05) is 6.54 Å². The van der Waals surface area contributed by atoms with Gasteiger partial charge in [-0.2, -0.15) is 0 Å². The molecule has 3 aromatic carbocycles. The Hall–Kier alpha value is -2.86. The second kappa shape index (κ2) is 9.30. The molecular weight excluding hydrogens is 425 g/mol. The Morgan fingerprint density at radius 1 is 0.867 bits per heavy atom. The third-order valence-electron chi connectivity index (χ3n) is 4.33. The average Bonchev–Trinajstić information content (AvgIpc) is 2.72. The highest BCUT2D eigenvalue weighted by atomic mass is 35.5. The zero-order valence-corrected chi connectivity index (χ0v) is 17.9. The van der Waals surface area contributed by atoms with E-state index in [1.807, 2.05) is 32.0 Å². The number of carbonyl (C=O) groups excluding carboxylic acids is 2. The number of hydrogen-bond donors (Lipinski definition) is 1. The van der Waals surface area contributed by atoms with Crippen LogP contribution in [0.15, 0.2) is 54.6 Å². The van der Waals surface area contributed by atoms with Crippen LogP contribution in [0.5, 0.6) is 17.2 Å². The first-order valence-electron chi connectivity index (χ1n) is 9.08. The van der Waals surface area contributed by atoms with Crippen molar-refractivity contribution in [2.24, 2.45) is 5.73 Å². The van der Waals surface area contributed by atoms with Crippen LogP contribution in [0.4, 0.5) is 0 Å². The van der Waals surface area contributed by atoms with E-state index in [1.54, 1.807) is 24.3 Å². The maximum atomic E-state index is 12.7. The molecule has 0 spiro atoms. The summed E-state index contributed by atoms with van der Waals surface area (Å²) in [6.45, 7) is 3.41. The largest absolute Gasteiger partial charge is 0.454 e. The predicted molar refractivity (Wildman–Crippen MR) is 117 cm³/mol. The molecule has 0 unspecified atom stereocenters. The van der Waals surface area contributed by atoms with E-state index in [2.05, 4.69) is 0 Å². The summed E-state index contributed by atoms with van der Waals surface area (Å²) in [5.41, 5.74) is 7.91. The van der Waals surface area contributed by atoms with Gasteiger partial charge in [0.1, 0.15) is 11.5 Å². The van der Waals surface area contributed by atoms with Crippen molar-refractivity contribution in [3.63, 3.8) is 0 Å². The molecule has 0 aliphatic carbocycles. The van der Waals surface area contributed by atoms with E-state index in [9.17, 15) is 9.59 Å².